The minimum atomic E-state index is 0.166. The number of Topliss-reactive ketones (excluding diaryl/α,β-unsaturated/α-hetero) is 1. The first-order valence-corrected chi connectivity index (χ1v) is 7.27. The molecule has 0 aliphatic heterocycles. The highest BCUT2D eigenvalue weighted by atomic mass is 16.5. The fourth-order valence-corrected chi connectivity index (χ4v) is 3.03. The summed E-state index contributed by atoms with van der Waals surface area (Å²) in [6.45, 7) is 0. The van der Waals surface area contributed by atoms with Crippen LogP contribution in [0, 0.1) is 5.92 Å². The summed E-state index contributed by atoms with van der Waals surface area (Å²) in [5.74, 6) is 1.62. The van der Waals surface area contributed by atoms with Crippen LogP contribution < -0.4 is 4.74 Å². The van der Waals surface area contributed by atoms with Crippen LogP contribution in [0.25, 0.3) is 5.78 Å². The molecule has 2 aromatic rings. The summed E-state index contributed by atoms with van der Waals surface area (Å²) in [5.41, 5.74) is 2.94. The fourth-order valence-electron chi connectivity index (χ4n) is 3.03. The van der Waals surface area contributed by atoms with Crippen LogP contribution >= 0.6 is 0 Å². The van der Waals surface area contributed by atoms with Gasteiger partial charge in [0.2, 0.25) is 11.7 Å². The zero-order chi connectivity index (χ0) is 13.7. The van der Waals surface area contributed by atoms with Gasteiger partial charge >= 0.3 is 0 Å². The number of fused-ring (bicyclic) bond motifs is 3. The highest BCUT2D eigenvalue weighted by Crippen LogP contribution is 2.33. The van der Waals surface area contributed by atoms with Gasteiger partial charge in [-0.15, -0.1) is 0 Å². The van der Waals surface area contributed by atoms with E-state index in [9.17, 15) is 4.79 Å². The summed E-state index contributed by atoms with van der Waals surface area (Å²) in [4.78, 5) is 21.0. The second-order valence-corrected chi connectivity index (χ2v) is 5.69. The van der Waals surface area contributed by atoms with Crippen molar-refractivity contribution >= 4 is 11.6 Å². The smallest absolute Gasteiger partial charge is 0.237 e. The van der Waals surface area contributed by atoms with E-state index in [0.29, 0.717) is 17.4 Å². The van der Waals surface area contributed by atoms with Gasteiger partial charge in [-0.05, 0) is 38.5 Å². The Balaban J connectivity index is 1.90. The van der Waals surface area contributed by atoms with Gasteiger partial charge in [-0.3, -0.25) is 9.20 Å². The molecule has 20 heavy (non-hydrogen) atoms. The Morgan fingerprint density at radius 1 is 1.30 bits per heavy atom. The molecule has 0 bridgehead atoms. The first kappa shape index (κ1) is 11.9. The summed E-state index contributed by atoms with van der Waals surface area (Å²) in [6, 6.07) is 0. The minimum Gasteiger partial charge on any atom is -0.481 e. The van der Waals surface area contributed by atoms with Gasteiger partial charge in [0.15, 0.2) is 5.78 Å². The molecule has 0 N–H and O–H groups in total. The van der Waals surface area contributed by atoms with Gasteiger partial charge in [0, 0.05) is 23.4 Å². The third-order valence-electron chi connectivity index (χ3n) is 4.27. The van der Waals surface area contributed by atoms with E-state index < -0.39 is 0 Å². The molecule has 0 radical (unpaired) electrons. The van der Waals surface area contributed by atoms with Gasteiger partial charge in [0.1, 0.15) is 5.69 Å². The highest BCUT2D eigenvalue weighted by molar-refractivity contribution is 5.98. The molecule has 2 aromatic heterocycles. The molecule has 0 amide bonds. The molecule has 1 saturated carbocycles. The molecule has 0 atom stereocenters. The second kappa shape index (κ2) is 4.30. The minimum absolute atomic E-state index is 0.166. The van der Waals surface area contributed by atoms with E-state index in [1.807, 2.05) is 10.6 Å². The third kappa shape index (κ3) is 1.72. The van der Waals surface area contributed by atoms with Gasteiger partial charge in [0.25, 0.3) is 0 Å². The number of aromatic nitrogens is 3. The summed E-state index contributed by atoms with van der Waals surface area (Å²) in [6.07, 6.45) is 8.19. The predicted molar refractivity (Wildman–Crippen MR) is 73.2 cm³/mol. The number of hydrogen-bond donors (Lipinski definition) is 0. The molecule has 0 unspecified atom stereocenters. The van der Waals surface area contributed by atoms with Crippen LogP contribution in [0.4, 0.5) is 0 Å². The number of aryl methyl sites for hydroxylation is 1. The zero-order valence-electron chi connectivity index (χ0n) is 11.6. The van der Waals surface area contributed by atoms with Gasteiger partial charge < -0.3 is 4.74 Å². The zero-order valence-corrected chi connectivity index (χ0v) is 11.6. The standard InChI is InChI=1S/C15H17N3O2/c1-20-14-10-4-2-3-5-12(10)18-8-11(16-15(18)17-14)13(19)9-6-7-9/h8-9H,2-7H2,1H3. The maximum atomic E-state index is 12.2. The van der Waals surface area contributed by atoms with Crippen molar-refractivity contribution in [2.24, 2.45) is 5.92 Å². The average molecular weight is 271 g/mol. The number of methoxy groups -OCH3 is 1. The summed E-state index contributed by atoms with van der Waals surface area (Å²) >= 11 is 0. The molecule has 5 nitrogen and oxygen atoms in total. The lowest BCUT2D eigenvalue weighted by molar-refractivity contribution is 0.0963. The molecule has 2 aliphatic carbocycles. The Morgan fingerprint density at radius 2 is 2.10 bits per heavy atom. The quantitative estimate of drug-likeness (QED) is 0.803. The Hall–Kier alpha value is -1.91. The summed E-state index contributed by atoms with van der Waals surface area (Å²) in [7, 11) is 1.65. The normalized spacial score (nSPS) is 18.1. The number of rotatable bonds is 3. The molecule has 2 aliphatic rings. The van der Waals surface area contributed by atoms with Crippen molar-refractivity contribution in [2.45, 2.75) is 38.5 Å². The number of carbonyl (C=O) groups is 1. The number of ketones is 1. The lowest BCUT2D eigenvalue weighted by Gasteiger charge is -2.18. The van der Waals surface area contributed by atoms with Gasteiger partial charge in [-0.2, -0.15) is 4.98 Å². The number of nitrogens with zero attached hydrogens (tertiary/aromatic N) is 3. The lowest BCUT2D eigenvalue weighted by Crippen LogP contribution is -2.11. The maximum absolute atomic E-state index is 12.2. The Morgan fingerprint density at radius 3 is 2.85 bits per heavy atom. The molecule has 0 saturated heterocycles. The van der Waals surface area contributed by atoms with Crippen LogP contribution in [0.5, 0.6) is 5.88 Å². The van der Waals surface area contributed by atoms with Crippen LogP contribution in [0.3, 0.4) is 0 Å². The highest BCUT2D eigenvalue weighted by Gasteiger charge is 2.32. The third-order valence-corrected chi connectivity index (χ3v) is 4.27. The van der Waals surface area contributed by atoms with Crippen LogP contribution in [0.2, 0.25) is 0 Å². The predicted octanol–water partition coefficient (Wildman–Crippen LogP) is 2.21. The fraction of sp³-hybridized carbons (Fsp3) is 0.533. The van der Waals surface area contributed by atoms with E-state index >= 15 is 0 Å². The van der Waals surface area contributed by atoms with Crippen molar-refractivity contribution in [1.29, 1.82) is 0 Å². The van der Waals surface area contributed by atoms with Crippen molar-refractivity contribution in [3.63, 3.8) is 0 Å². The Labute approximate surface area is 117 Å². The SMILES string of the molecule is COc1nc2nc(C(=O)C3CC3)cn2c2c1CCCC2. The molecule has 0 aromatic carbocycles. The molecule has 2 heterocycles. The van der Waals surface area contributed by atoms with Crippen LogP contribution in [-0.2, 0) is 12.8 Å². The topological polar surface area (TPSA) is 56.5 Å². The van der Waals surface area contributed by atoms with Crippen LogP contribution in [0.1, 0.15) is 47.4 Å². The summed E-state index contributed by atoms with van der Waals surface area (Å²) in [5, 5.41) is 0. The first-order valence-electron chi connectivity index (χ1n) is 7.27. The molecule has 5 heteroatoms. The van der Waals surface area contributed by atoms with E-state index in [-0.39, 0.29) is 11.7 Å². The molecule has 104 valence electrons. The van der Waals surface area contributed by atoms with Crippen molar-refractivity contribution in [3.8, 4) is 5.88 Å². The van der Waals surface area contributed by atoms with Gasteiger partial charge in [-0.1, -0.05) is 0 Å². The van der Waals surface area contributed by atoms with Crippen molar-refractivity contribution < 1.29 is 9.53 Å². The summed E-state index contributed by atoms with van der Waals surface area (Å²) < 4.78 is 7.39. The van der Waals surface area contributed by atoms with Gasteiger partial charge in [-0.25, -0.2) is 4.98 Å². The van der Waals surface area contributed by atoms with Crippen LogP contribution in [0.15, 0.2) is 6.20 Å². The van der Waals surface area contributed by atoms with Gasteiger partial charge in [0.05, 0.1) is 7.11 Å². The molecule has 1 fully saturated rings. The van der Waals surface area contributed by atoms with Crippen LogP contribution in [-0.4, -0.2) is 27.3 Å². The maximum Gasteiger partial charge on any atom is 0.237 e. The van der Waals surface area contributed by atoms with Crippen molar-refractivity contribution in [3.05, 3.63) is 23.1 Å². The number of carbonyl (C=O) groups excluding carboxylic acids is 1. The molecular formula is C15H17N3O2. The average Bonchev–Trinajstić information content (AvgIpc) is 3.24. The number of imidazole rings is 1. The van der Waals surface area contributed by atoms with E-state index in [1.165, 1.54) is 24.1 Å². The van der Waals surface area contributed by atoms with Crippen molar-refractivity contribution in [1.82, 2.24) is 14.4 Å². The molecule has 4 rings (SSSR count). The molecule has 0 spiro atoms. The van der Waals surface area contributed by atoms with E-state index in [1.54, 1.807) is 7.11 Å². The lowest BCUT2D eigenvalue weighted by atomic mass is 9.97. The number of ether oxygens (including phenoxy) is 1. The van der Waals surface area contributed by atoms with E-state index in [4.69, 9.17) is 4.74 Å². The van der Waals surface area contributed by atoms with E-state index in [0.717, 1.165) is 25.7 Å². The monoisotopic (exact) mass is 271 g/mol. The Kier molecular flexibility index (Phi) is 2.55. The second-order valence-electron chi connectivity index (χ2n) is 5.69. The first-order chi connectivity index (χ1) is 9.78. The largest absolute Gasteiger partial charge is 0.481 e. The van der Waals surface area contributed by atoms with E-state index in [2.05, 4.69) is 9.97 Å². The molecular weight excluding hydrogens is 254 g/mol. The van der Waals surface area contributed by atoms with Crippen molar-refractivity contribution in [2.75, 3.05) is 7.11 Å². The number of hydrogen-bond acceptors (Lipinski definition) is 4. The Bertz CT molecular complexity index is 701.